The van der Waals surface area contributed by atoms with E-state index in [2.05, 4.69) is 0 Å². The quantitative estimate of drug-likeness (QED) is 0.384. The molecular formula is C27H24N2O6S. The van der Waals surface area contributed by atoms with Crippen molar-refractivity contribution in [1.82, 2.24) is 4.57 Å². The summed E-state index contributed by atoms with van der Waals surface area (Å²) in [7, 11) is -2.72. The van der Waals surface area contributed by atoms with Crippen LogP contribution in [0, 0.1) is 13.8 Å². The van der Waals surface area contributed by atoms with E-state index in [1.165, 1.54) is 22.2 Å². The van der Waals surface area contributed by atoms with Gasteiger partial charge >= 0.3 is 5.97 Å². The minimum atomic E-state index is -3.99. The summed E-state index contributed by atoms with van der Waals surface area (Å²) in [5, 5.41) is 0.550. The Morgan fingerprint density at radius 2 is 1.67 bits per heavy atom. The van der Waals surface area contributed by atoms with E-state index in [4.69, 9.17) is 9.47 Å². The van der Waals surface area contributed by atoms with E-state index >= 15 is 0 Å². The summed E-state index contributed by atoms with van der Waals surface area (Å²) in [6.07, 6.45) is 0.257. The lowest BCUT2D eigenvalue weighted by Crippen LogP contribution is -2.48. The van der Waals surface area contributed by atoms with E-state index in [1.807, 2.05) is 13.8 Å². The van der Waals surface area contributed by atoms with E-state index in [0.29, 0.717) is 22.3 Å². The smallest absolute Gasteiger partial charge is 0.340 e. The van der Waals surface area contributed by atoms with Gasteiger partial charge in [-0.25, -0.2) is 13.2 Å². The largest absolute Gasteiger partial charge is 0.476 e. The van der Waals surface area contributed by atoms with Crippen LogP contribution in [0.15, 0.2) is 77.8 Å². The normalized spacial score (nSPS) is 15.3. The molecule has 0 aliphatic carbocycles. The Kier molecular flexibility index (Phi) is 5.80. The number of aromatic nitrogens is 1. The molecule has 184 valence electrons. The predicted molar refractivity (Wildman–Crippen MR) is 135 cm³/mol. The molecule has 1 aliphatic rings. The number of nitrogens with zero attached hydrogens (tertiary/aromatic N) is 2. The standard InChI is InChI=1S/C27H24N2O6S/c1-17-8-11-19(12-9-17)36(32,33)29-16-25(35-24-14-18(2)10-13-23(24)29)26(30)28-15-21(27(31)34-3)20-6-4-5-7-22(20)28/h4-15,25H,16H2,1-3H3. The first kappa shape index (κ1) is 23.6. The van der Waals surface area contributed by atoms with Gasteiger partial charge in [-0.2, -0.15) is 0 Å². The Balaban J connectivity index is 1.60. The summed E-state index contributed by atoms with van der Waals surface area (Å²) in [5.41, 5.74) is 2.87. The predicted octanol–water partition coefficient (Wildman–Crippen LogP) is 4.34. The van der Waals surface area contributed by atoms with Crippen LogP contribution in [0.2, 0.25) is 0 Å². The molecule has 0 amide bonds. The molecule has 8 nitrogen and oxygen atoms in total. The Bertz CT molecular complexity index is 1610. The number of fused-ring (bicyclic) bond motifs is 2. The number of benzene rings is 3. The number of hydrogen-bond donors (Lipinski definition) is 0. The van der Waals surface area contributed by atoms with Crippen molar-refractivity contribution >= 4 is 38.5 Å². The third-order valence-corrected chi connectivity index (χ3v) is 8.02. The summed E-state index contributed by atoms with van der Waals surface area (Å²) in [4.78, 5) is 26.2. The van der Waals surface area contributed by atoms with Gasteiger partial charge < -0.3 is 9.47 Å². The first-order chi connectivity index (χ1) is 17.2. The fraction of sp³-hybridized carbons (Fsp3) is 0.185. The maximum absolute atomic E-state index is 13.8. The zero-order valence-corrected chi connectivity index (χ0v) is 20.8. The molecule has 0 N–H and O–H groups in total. The number of rotatable bonds is 4. The van der Waals surface area contributed by atoms with Crippen LogP contribution in [0.1, 0.15) is 26.3 Å². The number of carbonyl (C=O) groups excluding carboxylic acids is 2. The highest BCUT2D eigenvalue weighted by Crippen LogP contribution is 2.38. The number of ether oxygens (including phenoxy) is 2. The van der Waals surface area contributed by atoms with Gasteiger partial charge in [0.1, 0.15) is 5.75 Å². The number of methoxy groups -OCH3 is 1. The summed E-state index contributed by atoms with van der Waals surface area (Å²) >= 11 is 0. The zero-order valence-electron chi connectivity index (χ0n) is 20.0. The van der Waals surface area contributed by atoms with Gasteiger partial charge in [0, 0.05) is 11.6 Å². The van der Waals surface area contributed by atoms with Crippen molar-refractivity contribution in [1.29, 1.82) is 0 Å². The molecule has 0 radical (unpaired) electrons. The number of carbonyl (C=O) groups is 2. The maximum Gasteiger partial charge on any atom is 0.340 e. The summed E-state index contributed by atoms with van der Waals surface area (Å²) < 4.78 is 40.9. The zero-order chi connectivity index (χ0) is 25.6. The average Bonchev–Trinajstić information content (AvgIpc) is 3.27. The number of aryl methyl sites for hydroxylation is 2. The van der Waals surface area contributed by atoms with Crippen LogP contribution in [-0.4, -0.2) is 44.6 Å². The van der Waals surface area contributed by atoms with Crippen molar-refractivity contribution in [3.63, 3.8) is 0 Å². The number of para-hydroxylation sites is 1. The van der Waals surface area contributed by atoms with Crippen LogP contribution in [0.5, 0.6) is 5.75 Å². The summed E-state index contributed by atoms with van der Waals surface area (Å²) in [6, 6.07) is 18.7. The highest BCUT2D eigenvalue weighted by Gasteiger charge is 2.38. The van der Waals surface area contributed by atoms with Gasteiger partial charge in [0.2, 0.25) is 0 Å². The Hall–Kier alpha value is -4.11. The minimum absolute atomic E-state index is 0.118. The second-order valence-electron chi connectivity index (χ2n) is 8.69. The van der Waals surface area contributed by atoms with Crippen molar-refractivity contribution in [3.05, 3.63) is 89.6 Å². The SMILES string of the molecule is COC(=O)c1cn(C(=O)C2CN(S(=O)(=O)c3ccc(C)cc3)c3ccc(C)cc3O2)c2ccccc12. The number of anilines is 1. The van der Waals surface area contributed by atoms with Crippen LogP contribution >= 0.6 is 0 Å². The lowest BCUT2D eigenvalue weighted by molar-refractivity contribution is 0.0602. The third kappa shape index (κ3) is 3.91. The highest BCUT2D eigenvalue weighted by molar-refractivity contribution is 7.92. The van der Waals surface area contributed by atoms with Gasteiger partial charge in [0.25, 0.3) is 15.9 Å². The van der Waals surface area contributed by atoms with E-state index in [1.54, 1.807) is 66.7 Å². The van der Waals surface area contributed by atoms with Crippen LogP contribution in [0.25, 0.3) is 10.9 Å². The van der Waals surface area contributed by atoms with E-state index in [0.717, 1.165) is 11.1 Å². The second-order valence-corrected chi connectivity index (χ2v) is 10.5. The van der Waals surface area contributed by atoms with Crippen LogP contribution < -0.4 is 9.04 Å². The summed E-state index contributed by atoms with van der Waals surface area (Å²) in [5.74, 6) is -0.788. The Morgan fingerprint density at radius 1 is 0.972 bits per heavy atom. The molecule has 9 heteroatoms. The van der Waals surface area contributed by atoms with E-state index in [9.17, 15) is 18.0 Å². The Labute approximate surface area is 208 Å². The van der Waals surface area contributed by atoms with Crippen molar-refractivity contribution in [2.75, 3.05) is 18.0 Å². The third-order valence-electron chi connectivity index (χ3n) is 6.22. The van der Waals surface area contributed by atoms with Crippen LogP contribution in [0.4, 0.5) is 5.69 Å². The fourth-order valence-corrected chi connectivity index (χ4v) is 5.82. The molecule has 1 unspecified atom stereocenters. The van der Waals surface area contributed by atoms with Crippen molar-refractivity contribution in [2.24, 2.45) is 0 Å². The van der Waals surface area contributed by atoms with Crippen molar-refractivity contribution in [2.45, 2.75) is 24.8 Å². The molecule has 1 aromatic heterocycles. The van der Waals surface area contributed by atoms with Crippen molar-refractivity contribution in [3.8, 4) is 5.75 Å². The monoisotopic (exact) mass is 504 g/mol. The highest BCUT2D eigenvalue weighted by atomic mass is 32.2. The maximum atomic E-state index is 13.8. The minimum Gasteiger partial charge on any atom is -0.476 e. The number of sulfonamides is 1. The number of esters is 1. The van der Waals surface area contributed by atoms with Gasteiger partial charge in [-0.3, -0.25) is 13.7 Å². The molecule has 0 spiro atoms. The van der Waals surface area contributed by atoms with Gasteiger partial charge in [-0.1, -0.05) is 42.0 Å². The first-order valence-electron chi connectivity index (χ1n) is 11.3. The molecule has 1 aliphatic heterocycles. The first-order valence-corrected chi connectivity index (χ1v) is 12.7. The van der Waals surface area contributed by atoms with Gasteiger partial charge in [-0.05, 0) is 49.7 Å². The molecule has 4 aromatic rings. The van der Waals surface area contributed by atoms with E-state index in [-0.39, 0.29) is 17.0 Å². The molecule has 0 saturated carbocycles. The van der Waals surface area contributed by atoms with Gasteiger partial charge in [-0.15, -0.1) is 0 Å². The van der Waals surface area contributed by atoms with Crippen LogP contribution in [0.3, 0.4) is 0 Å². The molecule has 0 saturated heterocycles. The molecule has 0 fully saturated rings. The molecule has 5 rings (SSSR count). The fourth-order valence-electron chi connectivity index (χ4n) is 4.34. The second kappa shape index (κ2) is 8.83. The molecule has 1 atom stereocenters. The molecule has 0 bridgehead atoms. The topological polar surface area (TPSA) is 94.9 Å². The van der Waals surface area contributed by atoms with Gasteiger partial charge in [0.05, 0.1) is 35.3 Å². The van der Waals surface area contributed by atoms with Gasteiger partial charge in [0.15, 0.2) is 6.10 Å². The van der Waals surface area contributed by atoms with E-state index < -0.39 is 28.0 Å². The molecule has 36 heavy (non-hydrogen) atoms. The molecule has 2 heterocycles. The lowest BCUT2D eigenvalue weighted by atomic mass is 10.1. The Morgan fingerprint density at radius 3 is 2.39 bits per heavy atom. The average molecular weight is 505 g/mol. The summed E-state index contributed by atoms with van der Waals surface area (Å²) in [6.45, 7) is 3.50. The lowest BCUT2D eigenvalue weighted by Gasteiger charge is -2.35. The molecular weight excluding hydrogens is 480 g/mol. The molecule has 3 aromatic carbocycles. The number of hydrogen-bond acceptors (Lipinski definition) is 6. The van der Waals surface area contributed by atoms with Crippen molar-refractivity contribution < 1.29 is 27.5 Å². The van der Waals surface area contributed by atoms with Crippen LogP contribution in [-0.2, 0) is 14.8 Å².